The van der Waals surface area contributed by atoms with Gasteiger partial charge in [0.2, 0.25) is 15.9 Å². The third kappa shape index (κ3) is 8.86. The minimum Gasteiger partial charge on any atom is -0.479 e. The standard InChI is InChI=1S/C40H34BrF4N3O6S/c1-5-14-54-31-18-25(39(50)51)12-13-30(31)48(20-23-15-28(24-10-11-24)17-29(16-23)40(2,3)4)32(49)22-47(21-27-9-7-6-8-26(27)19-46)55(52,53)38-33(41)34(42)35(43)36(44)37(38)45/h1,6-9,12-13,15-18,24H,10-11,14,20-22H2,2-4H3,(H,50,51). The van der Waals surface area contributed by atoms with Gasteiger partial charge in [-0.3, -0.25) is 4.79 Å². The van der Waals surface area contributed by atoms with Crippen molar-refractivity contribution < 1.29 is 45.4 Å². The molecule has 4 aromatic carbocycles. The summed E-state index contributed by atoms with van der Waals surface area (Å²) in [6.07, 6.45) is 7.36. The van der Waals surface area contributed by atoms with E-state index < -0.39 is 67.6 Å². The van der Waals surface area contributed by atoms with Crippen LogP contribution in [0.2, 0.25) is 0 Å². The fourth-order valence-corrected chi connectivity index (χ4v) is 8.29. The molecule has 286 valence electrons. The number of amides is 1. The van der Waals surface area contributed by atoms with Gasteiger partial charge in [-0.15, -0.1) is 6.42 Å². The van der Waals surface area contributed by atoms with Crippen LogP contribution in [-0.2, 0) is 33.3 Å². The Labute approximate surface area is 324 Å². The van der Waals surface area contributed by atoms with Crippen molar-refractivity contribution in [2.75, 3.05) is 18.1 Å². The number of anilines is 1. The molecule has 1 aliphatic rings. The van der Waals surface area contributed by atoms with E-state index in [1.54, 1.807) is 0 Å². The zero-order valence-corrected chi connectivity index (χ0v) is 32.2. The molecule has 0 atom stereocenters. The number of benzene rings is 4. The Morgan fingerprint density at radius 1 is 0.982 bits per heavy atom. The summed E-state index contributed by atoms with van der Waals surface area (Å²) in [5.41, 5.74) is 2.06. The summed E-state index contributed by atoms with van der Waals surface area (Å²) in [4.78, 5) is 26.2. The SMILES string of the molecule is C#CCOc1cc(C(=O)O)ccc1N(Cc1cc(C2CC2)cc(C(C)(C)C)c1)C(=O)CN(Cc1ccccc1C#N)S(=O)(=O)c1c(F)c(F)c(F)c(F)c1Br. The minimum atomic E-state index is -5.44. The van der Waals surface area contributed by atoms with Crippen LogP contribution in [0.1, 0.15) is 77.7 Å². The van der Waals surface area contributed by atoms with E-state index in [4.69, 9.17) is 11.2 Å². The topological polar surface area (TPSA) is 128 Å². The largest absolute Gasteiger partial charge is 0.479 e. The average molecular weight is 841 g/mol. The molecule has 4 aromatic rings. The second-order valence-corrected chi connectivity index (χ2v) is 16.6. The Hall–Kier alpha value is -5.22. The molecule has 0 heterocycles. The molecule has 9 nitrogen and oxygen atoms in total. The molecule has 0 aliphatic heterocycles. The Kier molecular flexibility index (Phi) is 12.1. The number of halogens is 5. The normalized spacial score (nSPS) is 12.9. The van der Waals surface area contributed by atoms with E-state index in [0.717, 1.165) is 34.9 Å². The van der Waals surface area contributed by atoms with Crippen LogP contribution in [0.25, 0.3) is 0 Å². The maximum absolute atomic E-state index is 15.4. The molecule has 0 radical (unpaired) electrons. The predicted molar refractivity (Wildman–Crippen MR) is 199 cm³/mol. The fourth-order valence-electron chi connectivity index (χ4n) is 5.85. The van der Waals surface area contributed by atoms with Crippen LogP contribution in [0, 0.1) is 46.9 Å². The Balaban J connectivity index is 1.70. The van der Waals surface area contributed by atoms with Crippen molar-refractivity contribution >= 4 is 43.5 Å². The lowest BCUT2D eigenvalue weighted by molar-refractivity contribution is -0.119. The van der Waals surface area contributed by atoms with Crippen LogP contribution in [0.3, 0.4) is 0 Å². The summed E-state index contributed by atoms with van der Waals surface area (Å²) in [5, 5.41) is 19.5. The number of nitrogens with zero attached hydrogens (tertiary/aromatic N) is 3. The summed E-state index contributed by atoms with van der Waals surface area (Å²) >= 11 is 2.55. The van der Waals surface area contributed by atoms with Crippen molar-refractivity contribution in [3.8, 4) is 24.2 Å². The number of aromatic carboxylic acids is 1. The molecule has 15 heteroatoms. The zero-order chi connectivity index (χ0) is 40.4. The summed E-state index contributed by atoms with van der Waals surface area (Å²) in [6, 6.07) is 17.1. The average Bonchev–Trinajstić information content (AvgIpc) is 4.00. The highest BCUT2D eigenvalue weighted by molar-refractivity contribution is 9.10. The Morgan fingerprint density at radius 3 is 2.27 bits per heavy atom. The highest BCUT2D eigenvalue weighted by atomic mass is 79.9. The molecule has 0 aromatic heterocycles. The number of carbonyl (C=O) groups is 2. The van der Waals surface area contributed by atoms with Gasteiger partial charge in [-0.05, 0) is 86.6 Å². The van der Waals surface area contributed by atoms with Gasteiger partial charge in [-0.1, -0.05) is 63.1 Å². The van der Waals surface area contributed by atoms with Crippen LogP contribution in [0.4, 0.5) is 23.2 Å². The first-order valence-electron chi connectivity index (χ1n) is 16.8. The predicted octanol–water partition coefficient (Wildman–Crippen LogP) is 8.19. The molecule has 5 rings (SSSR count). The third-order valence-electron chi connectivity index (χ3n) is 8.94. The van der Waals surface area contributed by atoms with Crippen LogP contribution in [-0.4, -0.2) is 42.9 Å². The van der Waals surface area contributed by atoms with Crippen molar-refractivity contribution in [1.29, 1.82) is 5.26 Å². The molecule has 1 N–H and O–H groups in total. The molecule has 0 saturated heterocycles. The Bertz CT molecular complexity index is 2350. The van der Waals surface area contributed by atoms with E-state index in [-0.39, 0.29) is 46.7 Å². The van der Waals surface area contributed by atoms with E-state index >= 15 is 4.39 Å². The van der Waals surface area contributed by atoms with E-state index in [9.17, 15) is 41.5 Å². The fraction of sp³-hybridized carbons (Fsp3) is 0.275. The van der Waals surface area contributed by atoms with E-state index in [1.807, 2.05) is 39.0 Å². The second kappa shape index (κ2) is 16.3. The van der Waals surface area contributed by atoms with Gasteiger partial charge in [0.05, 0.1) is 40.4 Å². The molecule has 0 bridgehead atoms. The van der Waals surface area contributed by atoms with Gasteiger partial charge in [-0.25, -0.2) is 30.8 Å². The van der Waals surface area contributed by atoms with Crippen LogP contribution >= 0.6 is 15.9 Å². The number of hydrogen-bond donors (Lipinski definition) is 1. The van der Waals surface area contributed by atoms with Crippen molar-refractivity contribution in [2.24, 2.45) is 0 Å². The molecule has 1 amide bonds. The molecule has 0 unspecified atom stereocenters. The zero-order valence-electron chi connectivity index (χ0n) is 29.8. The summed E-state index contributed by atoms with van der Waals surface area (Å²) in [7, 11) is -5.44. The molecule has 0 spiro atoms. The minimum absolute atomic E-state index is 0.0135. The number of carboxylic acids is 1. The summed E-state index contributed by atoms with van der Waals surface area (Å²) < 4.78 is 92.3. The smallest absolute Gasteiger partial charge is 0.335 e. The van der Waals surface area contributed by atoms with Crippen LogP contribution < -0.4 is 9.64 Å². The van der Waals surface area contributed by atoms with Gasteiger partial charge in [0.15, 0.2) is 23.3 Å². The number of nitriles is 1. The molecule has 1 fully saturated rings. The monoisotopic (exact) mass is 839 g/mol. The van der Waals surface area contributed by atoms with E-state index in [0.29, 0.717) is 15.8 Å². The number of carboxylic acid groups (broad SMARTS) is 1. The third-order valence-corrected chi connectivity index (χ3v) is 11.8. The second-order valence-electron chi connectivity index (χ2n) is 13.9. The summed E-state index contributed by atoms with van der Waals surface area (Å²) in [6.45, 7) is 3.58. The molecule has 1 aliphatic carbocycles. The van der Waals surface area contributed by atoms with Gasteiger partial charge >= 0.3 is 5.97 Å². The molecular formula is C40H34BrF4N3O6S. The van der Waals surface area contributed by atoms with Crippen molar-refractivity contribution in [3.05, 3.63) is 122 Å². The number of carbonyl (C=O) groups excluding carboxylic acids is 1. The quantitative estimate of drug-likeness (QED) is 0.0623. The van der Waals surface area contributed by atoms with Crippen molar-refractivity contribution in [1.82, 2.24) is 4.31 Å². The van der Waals surface area contributed by atoms with Gasteiger partial charge in [0.1, 0.15) is 17.3 Å². The first-order chi connectivity index (χ1) is 25.9. The number of hydrogen-bond acceptors (Lipinski definition) is 6. The first-order valence-corrected chi connectivity index (χ1v) is 19.0. The number of terminal acetylenes is 1. The Morgan fingerprint density at radius 2 is 1.65 bits per heavy atom. The van der Waals surface area contributed by atoms with Gasteiger partial charge in [0, 0.05) is 6.54 Å². The number of rotatable bonds is 13. The lowest BCUT2D eigenvalue weighted by Gasteiger charge is -2.30. The van der Waals surface area contributed by atoms with Gasteiger partial charge in [-0.2, -0.15) is 9.57 Å². The van der Waals surface area contributed by atoms with E-state index in [1.165, 1.54) is 36.4 Å². The maximum atomic E-state index is 15.4. The lowest BCUT2D eigenvalue weighted by atomic mass is 9.84. The van der Waals surface area contributed by atoms with Gasteiger partial charge in [0.25, 0.3) is 0 Å². The lowest BCUT2D eigenvalue weighted by Crippen LogP contribution is -2.43. The number of ether oxygens (including phenoxy) is 1. The van der Waals surface area contributed by atoms with Crippen molar-refractivity contribution in [3.63, 3.8) is 0 Å². The van der Waals surface area contributed by atoms with Gasteiger partial charge < -0.3 is 14.7 Å². The van der Waals surface area contributed by atoms with Crippen molar-refractivity contribution in [2.45, 2.75) is 62.9 Å². The number of sulfonamides is 1. The first kappa shape index (κ1) is 41.0. The van der Waals surface area contributed by atoms with E-state index in [2.05, 4.69) is 27.9 Å². The molecule has 1 saturated carbocycles. The van der Waals surface area contributed by atoms with Crippen LogP contribution in [0.5, 0.6) is 5.75 Å². The maximum Gasteiger partial charge on any atom is 0.335 e. The highest BCUT2D eigenvalue weighted by Gasteiger charge is 2.38. The molecular weight excluding hydrogens is 806 g/mol. The highest BCUT2D eigenvalue weighted by Crippen LogP contribution is 2.42. The summed E-state index contributed by atoms with van der Waals surface area (Å²) in [5.74, 6) is -8.80. The molecule has 55 heavy (non-hydrogen) atoms. The van der Waals surface area contributed by atoms with Crippen LogP contribution in [0.15, 0.2) is 70.0 Å².